The number of hydrogen-bond acceptors (Lipinski definition) is 4. The Morgan fingerprint density at radius 1 is 1.35 bits per heavy atom. The molecule has 1 aromatic heterocycles. The number of halogens is 1. The largest absolute Gasteiger partial charge is 0.444 e. The highest BCUT2D eigenvalue weighted by atomic mass is 127. The monoisotopic (exact) mass is 467 g/mol. The number of benzene rings is 1. The summed E-state index contributed by atoms with van der Waals surface area (Å²) in [5.74, 6) is 4.14. The van der Waals surface area contributed by atoms with Crippen LogP contribution in [0.2, 0.25) is 0 Å². The van der Waals surface area contributed by atoms with Gasteiger partial charge in [-0.25, -0.2) is 4.98 Å². The van der Waals surface area contributed by atoms with Crippen molar-refractivity contribution in [2.24, 2.45) is 4.99 Å². The van der Waals surface area contributed by atoms with E-state index >= 15 is 0 Å². The lowest BCUT2D eigenvalue weighted by atomic mass is 10.2. The molecule has 0 aliphatic heterocycles. The maximum atomic E-state index is 12.0. The number of nitrogens with one attached hydrogen (secondary N) is 3. The number of amides is 1. The van der Waals surface area contributed by atoms with Gasteiger partial charge in [0.25, 0.3) is 0 Å². The quantitative estimate of drug-likeness (QED) is 0.272. The molecule has 0 unspecified atom stereocenters. The number of aryl methyl sites for hydroxylation is 2. The van der Waals surface area contributed by atoms with Gasteiger partial charge >= 0.3 is 0 Å². The summed E-state index contributed by atoms with van der Waals surface area (Å²) < 4.78 is 5.48. The molecule has 0 fully saturated rings. The number of nitrogens with zero attached hydrogens (tertiary/aromatic N) is 2. The molecule has 3 N–H and O–H groups in total. The minimum atomic E-state index is -0.208. The zero-order valence-electron chi connectivity index (χ0n) is 14.9. The molecule has 8 heteroatoms. The van der Waals surface area contributed by atoms with Crippen molar-refractivity contribution >= 4 is 41.5 Å². The summed E-state index contributed by atoms with van der Waals surface area (Å²) in [4.78, 5) is 20.3. The van der Waals surface area contributed by atoms with Crippen molar-refractivity contribution in [2.75, 3.05) is 18.9 Å². The Morgan fingerprint density at radius 3 is 2.73 bits per heavy atom. The van der Waals surface area contributed by atoms with E-state index in [1.54, 1.807) is 31.3 Å². The molecule has 7 nitrogen and oxygen atoms in total. The Kier molecular flexibility index (Phi) is 8.64. The van der Waals surface area contributed by atoms with E-state index in [2.05, 4.69) is 31.8 Å². The lowest BCUT2D eigenvalue weighted by Crippen LogP contribution is -2.41. The number of guanidine groups is 1. The van der Waals surface area contributed by atoms with E-state index in [9.17, 15) is 4.79 Å². The predicted octanol–water partition coefficient (Wildman–Crippen LogP) is 2.19. The minimum Gasteiger partial charge on any atom is -0.444 e. The number of carbonyl (C=O) groups excluding carboxylic acids is 1. The number of anilines is 1. The molecule has 0 aliphatic rings. The average Bonchev–Trinajstić information content (AvgIpc) is 2.93. The Hall–Kier alpha value is -2.54. The Labute approximate surface area is 170 Å². The maximum Gasteiger partial charge on any atom is 0.243 e. The average molecular weight is 467 g/mol. The van der Waals surface area contributed by atoms with Gasteiger partial charge < -0.3 is 20.4 Å². The van der Waals surface area contributed by atoms with E-state index in [0.717, 1.165) is 11.5 Å². The fourth-order valence-electron chi connectivity index (χ4n) is 2.05. The molecule has 138 valence electrons. The summed E-state index contributed by atoms with van der Waals surface area (Å²) in [6.07, 6.45) is 5.35. The first-order chi connectivity index (χ1) is 12.0. The van der Waals surface area contributed by atoms with Gasteiger partial charge in [-0.3, -0.25) is 9.79 Å². The standard InChI is InChI=1S/C18H21N5O2.HI/c1-5-14-7-6-8-15(9-14)23-16(24)10-20-18(19-4)21-11-17-22-12(2)13(3)25-17;/h1,6-9H,10-11H2,2-4H3,(H,23,24)(H2,19,20,21);1H. The molecule has 2 rings (SSSR count). The molecule has 0 atom stereocenters. The number of rotatable bonds is 5. The fraction of sp³-hybridized carbons (Fsp3) is 0.278. The van der Waals surface area contributed by atoms with Crippen LogP contribution in [-0.4, -0.2) is 30.4 Å². The first-order valence-corrected chi connectivity index (χ1v) is 7.75. The lowest BCUT2D eigenvalue weighted by molar-refractivity contribution is -0.115. The molecule has 0 aliphatic carbocycles. The van der Waals surface area contributed by atoms with E-state index in [-0.39, 0.29) is 36.4 Å². The van der Waals surface area contributed by atoms with Crippen molar-refractivity contribution in [3.8, 4) is 12.3 Å². The molecule has 1 heterocycles. The highest BCUT2D eigenvalue weighted by Gasteiger charge is 2.08. The van der Waals surface area contributed by atoms with Crippen LogP contribution >= 0.6 is 24.0 Å². The number of aliphatic imine (C=N–C) groups is 1. The van der Waals surface area contributed by atoms with Gasteiger partial charge in [0.05, 0.1) is 18.8 Å². The second-order valence-electron chi connectivity index (χ2n) is 5.30. The van der Waals surface area contributed by atoms with E-state index in [1.165, 1.54) is 0 Å². The van der Waals surface area contributed by atoms with Gasteiger partial charge in [-0.1, -0.05) is 12.0 Å². The Balaban J connectivity index is 0.00000338. The van der Waals surface area contributed by atoms with Gasteiger partial charge in [-0.15, -0.1) is 30.4 Å². The third-order valence-electron chi connectivity index (χ3n) is 3.43. The van der Waals surface area contributed by atoms with Crippen LogP contribution in [0.15, 0.2) is 33.7 Å². The molecular weight excluding hydrogens is 445 g/mol. The Bertz CT molecular complexity index is 804. The van der Waals surface area contributed by atoms with Gasteiger partial charge in [0.1, 0.15) is 5.76 Å². The van der Waals surface area contributed by atoms with Crippen LogP contribution in [0.25, 0.3) is 0 Å². The second kappa shape index (κ2) is 10.5. The smallest absolute Gasteiger partial charge is 0.243 e. The topological polar surface area (TPSA) is 91.5 Å². The van der Waals surface area contributed by atoms with E-state index < -0.39 is 0 Å². The van der Waals surface area contributed by atoms with Crippen LogP contribution in [-0.2, 0) is 11.3 Å². The van der Waals surface area contributed by atoms with Crippen LogP contribution in [0.1, 0.15) is 22.9 Å². The van der Waals surface area contributed by atoms with Gasteiger partial charge in [-0.2, -0.15) is 0 Å². The van der Waals surface area contributed by atoms with Gasteiger partial charge in [0.15, 0.2) is 5.96 Å². The number of carbonyl (C=O) groups is 1. The molecule has 2 aromatic rings. The highest BCUT2D eigenvalue weighted by Crippen LogP contribution is 2.09. The minimum absolute atomic E-state index is 0. The summed E-state index contributed by atoms with van der Waals surface area (Å²) in [5, 5.41) is 8.74. The molecule has 0 spiro atoms. The maximum absolute atomic E-state index is 12.0. The summed E-state index contributed by atoms with van der Waals surface area (Å²) in [6, 6.07) is 7.10. The van der Waals surface area contributed by atoms with Crippen LogP contribution in [0.5, 0.6) is 0 Å². The summed E-state index contributed by atoms with van der Waals surface area (Å²) >= 11 is 0. The third-order valence-corrected chi connectivity index (χ3v) is 3.43. The zero-order valence-corrected chi connectivity index (χ0v) is 17.3. The van der Waals surface area contributed by atoms with Crippen LogP contribution in [0.4, 0.5) is 5.69 Å². The van der Waals surface area contributed by atoms with Crippen molar-refractivity contribution < 1.29 is 9.21 Å². The summed E-state index contributed by atoms with van der Waals surface area (Å²) in [6.45, 7) is 4.18. The van der Waals surface area contributed by atoms with Gasteiger partial charge in [0.2, 0.25) is 11.8 Å². The van der Waals surface area contributed by atoms with Crippen LogP contribution in [0.3, 0.4) is 0 Å². The van der Waals surface area contributed by atoms with E-state index in [1.807, 2.05) is 13.8 Å². The molecule has 0 bridgehead atoms. The third kappa shape index (κ3) is 6.40. The summed E-state index contributed by atoms with van der Waals surface area (Å²) in [7, 11) is 1.62. The van der Waals surface area contributed by atoms with Crippen molar-refractivity contribution in [3.05, 3.63) is 47.2 Å². The summed E-state index contributed by atoms with van der Waals surface area (Å²) in [5.41, 5.74) is 2.21. The van der Waals surface area contributed by atoms with Crippen molar-refractivity contribution in [1.29, 1.82) is 0 Å². The first-order valence-electron chi connectivity index (χ1n) is 7.75. The van der Waals surface area contributed by atoms with Gasteiger partial charge in [0, 0.05) is 18.3 Å². The molecule has 1 amide bonds. The highest BCUT2D eigenvalue weighted by molar-refractivity contribution is 14.0. The van der Waals surface area contributed by atoms with E-state index in [0.29, 0.717) is 29.6 Å². The van der Waals surface area contributed by atoms with Crippen LogP contribution < -0.4 is 16.0 Å². The normalized spacial score (nSPS) is 10.5. The number of aromatic nitrogens is 1. The fourth-order valence-corrected chi connectivity index (χ4v) is 2.05. The molecule has 0 saturated carbocycles. The number of hydrogen-bond donors (Lipinski definition) is 3. The molecular formula is C18H22IN5O2. The molecule has 0 saturated heterocycles. The van der Waals surface area contributed by atoms with Crippen LogP contribution in [0, 0.1) is 26.2 Å². The first kappa shape index (κ1) is 21.5. The van der Waals surface area contributed by atoms with Crippen molar-refractivity contribution in [3.63, 3.8) is 0 Å². The number of terminal acetylenes is 1. The molecule has 1 aromatic carbocycles. The van der Waals surface area contributed by atoms with Crippen molar-refractivity contribution in [1.82, 2.24) is 15.6 Å². The van der Waals surface area contributed by atoms with Crippen molar-refractivity contribution in [2.45, 2.75) is 20.4 Å². The zero-order chi connectivity index (χ0) is 18.2. The predicted molar refractivity (Wildman–Crippen MR) is 113 cm³/mol. The second-order valence-corrected chi connectivity index (χ2v) is 5.30. The SMILES string of the molecule is C#Cc1cccc(NC(=O)CNC(=NC)NCc2nc(C)c(C)o2)c1.I. The Morgan fingerprint density at radius 2 is 2.12 bits per heavy atom. The molecule has 26 heavy (non-hydrogen) atoms. The van der Waals surface area contributed by atoms with E-state index in [4.69, 9.17) is 10.8 Å². The van der Waals surface area contributed by atoms with Gasteiger partial charge in [-0.05, 0) is 32.0 Å². The lowest BCUT2D eigenvalue weighted by Gasteiger charge is -2.11. The molecule has 0 radical (unpaired) electrons. The number of oxazole rings is 1.